The average molecular weight is 393 g/mol. The summed E-state index contributed by atoms with van der Waals surface area (Å²) in [6, 6.07) is 3.92. The van der Waals surface area contributed by atoms with Crippen LogP contribution in [0.4, 0.5) is 14.9 Å². The lowest BCUT2D eigenvalue weighted by Crippen LogP contribution is -2.33. The zero-order valence-electron chi connectivity index (χ0n) is 14.3. The Morgan fingerprint density at radius 3 is 2.93 bits per heavy atom. The third-order valence-corrected chi connectivity index (χ3v) is 4.68. The Balaban J connectivity index is 1.88. The molecule has 1 atom stereocenters. The normalized spacial score (nSPS) is 16.3. The second kappa shape index (κ2) is 7.66. The number of anilines is 1. The zero-order chi connectivity index (χ0) is 19.6. The molecule has 2 heterocycles. The first kappa shape index (κ1) is 18.7. The Labute approximate surface area is 157 Å². The topological polar surface area (TPSA) is 128 Å². The standard InChI is InChI=1S/C16H16FN5O4S/c1-8(23)19-6-10-7-22(16(25)26-10)12-4-9(17)2-3-11(12)15-21-20-14(27-15)5-13(18)24/h2-4,10H,5-7H2,1H3,(H2,18,24)(H,19,23). The number of benzene rings is 1. The van der Waals surface area contributed by atoms with Gasteiger partial charge in [-0.1, -0.05) is 11.3 Å². The van der Waals surface area contributed by atoms with Gasteiger partial charge in [-0.3, -0.25) is 14.5 Å². The highest BCUT2D eigenvalue weighted by Gasteiger charge is 2.34. The number of nitrogens with two attached hydrogens (primary N) is 1. The van der Waals surface area contributed by atoms with E-state index in [2.05, 4.69) is 15.5 Å². The van der Waals surface area contributed by atoms with E-state index in [1.54, 1.807) is 0 Å². The van der Waals surface area contributed by atoms with E-state index in [1.807, 2.05) is 0 Å². The minimum atomic E-state index is -0.654. The van der Waals surface area contributed by atoms with E-state index in [0.717, 1.165) is 11.3 Å². The van der Waals surface area contributed by atoms with E-state index in [4.69, 9.17) is 10.5 Å². The van der Waals surface area contributed by atoms with Gasteiger partial charge in [0.25, 0.3) is 0 Å². The molecule has 0 spiro atoms. The number of carbonyl (C=O) groups excluding carboxylic acids is 3. The SMILES string of the molecule is CC(=O)NCC1CN(c2cc(F)ccc2-c2nnc(CC(N)=O)s2)C(=O)O1. The van der Waals surface area contributed by atoms with Crippen molar-refractivity contribution < 1.29 is 23.5 Å². The lowest BCUT2D eigenvalue weighted by molar-refractivity contribution is -0.119. The minimum Gasteiger partial charge on any atom is -0.442 e. The zero-order valence-corrected chi connectivity index (χ0v) is 15.1. The van der Waals surface area contributed by atoms with Crippen molar-refractivity contribution in [3.63, 3.8) is 0 Å². The monoisotopic (exact) mass is 393 g/mol. The molecule has 0 radical (unpaired) electrons. The highest BCUT2D eigenvalue weighted by molar-refractivity contribution is 7.14. The molecule has 3 amide bonds. The van der Waals surface area contributed by atoms with Gasteiger partial charge in [0.1, 0.15) is 21.9 Å². The van der Waals surface area contributed by atoms with Gasteiger partial charge in [-0.05, 0) is 18.2 Å². The van der Waals surface area contributed by atoms with Gasteiger partial charge in [-0.2, -0.15) is 0 Å². The van der Waals surface area contributed by atoms with E-state index < -0.39 is 23.9 Å². The van der Waals surface area contributed by atoms with Crippen LogP contribution in [0.25, 0.3) is 10.6 Å². The first-order valence-corrected chi connectivity index (χ1v) is 8.78. The fourth-order valence-corrected chi connectivity index (χ4v) is 3.46. The lowest BCUT2D eigenvalue weighted by Gasteiger charge is -2.16. The highest BCUT2D eigenvalue weighted by Crippen LogP contribution is 2.35. The lowest BCUT2D eigenvalue weighted by atomic mass is 10.1. The molecule has 142 valence electrons. The molecule has 3 rings (SSSR count). The summed E-state index contributed by atoms with van der Waals surface area (Å²) in [5.74, 6) is -1.32. The predicted octanol–water partition coefficient (Wildman–Crippen LogP) is 0.833. The van der Waals surface area contributed by atoms with Crippen LogP contribution >= 0.6 is 11.3 Å². The largest absolute Gasteiger partial charge is 0.442 e. The molecule has 3 N–H and O–H groups in total. The molecule has 1 fully saturated rings. The molecule has 0 saturated carbocycles. The van der Waals surface area contributed by atoms with E-state index >= 15 is 0 Å². The first-order valence-electron chi connectivity index (χ1n) is 7.96. The Morgan fingerprint density at radius 1 is 1.44 bits per heavy atom. The average Bonchev–Trinajstić information content (AvgIpc) is 3.19. The molecule has 1 aliphatic rings. The van der Waals surface area contributed by atoms with Crippen molar-refractivity contribution in [2.24, 2.45) is 5.73 Å². The van der Waals surface area contributed by atoms with Gasteiger partial charge in [0.15, 0.2) is 0 Å². The Hall–Kier alpha value is -3.08. The summed E-state index contributed by atoms with van der Waals surface area (Å²) in [6.45, 7) is 1.66. The molecule has 1 aromatic heterocycles. The third kappa shape index (κ3) is 4.37. The molecule has 1 unspecified atom stereocenters. The molecule has 27 heavy (non-hydrogen) atoms. The van der Waals surface area contributed by atoms with Crippen LogP contribution in [-0.2, 0) is 20.7 Å². The van der Waals surface area contributed by atoms with Crippen molar-refractivity contribution in [3.05, 3.63) is 29.0 Å². The second-order valence-electron chi connectivity index (χ2n) is 5.86. The molecule has 1 saturated heterocycles. The van der Waals surface area contributed by atoms with Crippen molar-refractivity contribution >= 4 is 34.9 Å². The summed E-state index contributed by atoms with van der Waals surface area (Å²) in [5.41, 5.74) is 5.90. The number of hydrogen-bond acceptors (Lipinski definition) is 7. The smallest absolute Gasteiger partial charge is 0.414 e. The number of ether oxygens (including phenoxy) is 1. The van der Waals surface area contributed by atoms with Gasteiger partial charge in [0.05, 0.1) is 25.2 Å². The van der Waals surface area contributed by atoms with Gasteiger partial charge < -0.3 is 15.8 Å². The number of rotatable bonds is 6. The first-order chi connectivity index (χ1) is 12.8. The molecule has 2 aromatic rings. The summed E-state index contributed by atoms with van der Waals surface area (Å²) in [7, 11) is 0. The van der Waals surface area contributed by atoms with Crippen LogP contribution in [0.3, 0.4) is 0 Å². The van der Waals surface area contributed by atoms with Crippen molar-refractivity contribution in [2.45, 2.75) is 19.4 Å². The number of halogens is 1. The summed E-state index contributed by atoms with van der Waals surface area (Å²) in [4.78, 5) is 35.6. The fraction of sp³-hybridized carbons (Fsp3) is 0.312. The van der Waals surface area contributed by atoms with E-state index in [-0.39, 0.29) is 31.1 Å². The quantitative estimate of drug-likeness (QED) is 0.748. The molecule has 0 bridgehead atoms. The van der Waals surface area contributed by atoms with Crippen LogP contribution in [0.15, 0.2) is 18.2 Å². The van der Waals surface area contributed by atoms with Gasteiger partial charge in [-0.25, -0.2) is 9.18 Å². The van der Waals surface area contributed by atoms with E-state index in [9.17, 15) is 18.8 Å². The van der Waals surface area contributed by atoms with Crippen LogP contribution in [0.1, 0.15) is 11.9 Å². The van der Waals surface area contributed by atoms with Gasteiger partial charge in [-0.15, -0.1) is 10.2 Å². The number of carbonyl (C=O) groups is 3. The Morgan fingerprint density at radius 2 is 2.22 bits per heavy atom. The fourth-order valence-electron chi connectivity index (χ4n) is 2.57. The summed E-state index contributed by atoms with van der Waals surface area (Å²) in [5, 5.41) is 11.3. The van der Waals surface area contributed by atoms with Crippen LogP contribution in [0, 0.1) is 5.82 Å². The predicted molar refractivity (Wildman–Crippen MR) is 94.5 cm³/mol. The van der Waals surface area contributed by atoms with Crippen molar-refractivity contribution in [3.8, 4) is 10.6 Å². The van der Waals surface area contributed by atoms with Crippen LogP contribution < -0.4 is 16.0 Å². The van der Waals surface area contributed by atoms with E-state index in [0.29, 0.717) is 15.6 Å². The number of aromatic nitrogens is 2. The number of nitrogens with one attached hydrogen (secondary N) is 1. The number of primary amides is 1. The van der Waals surface area contributed by atoms with Crippen LogP contribution in [0.2, 0.25) is 0 Å². The van der Waals surface area contributed by atoms with Gasteiger partial charge >= 0.3 is 6.09 Å². The van der Waals surface area contributed by atoms with Crippen molar-refractivity contribution in [2.75, 3.05) is 18.0 Å². The Kier molecular flexibility index (Phi) is 5.31. The van der Waals surface area contributed by atoms with Crippen LogP contribution in [-0.4, -0.2) is 47.3 Å². The number of hydrogen-bond donors (Lipinski definition) is 2. The Bertz CT molecular complexity index is 903. The van der Waals surface area contributed by atoms with Crippen LogP contribution in [0.5, 0.6) is 0 Å². The minimum absolute atomic E-state index is 0.0568. The second-order valence-corrected chi connectivity index (χ2v) is 6.92. The maximum Gasteiger partial charge on any atom is 0.414 e. The number of cyclic esters (lactones) is 1. The number of amides is 3. The molecule has 9 nitrogen and oxygen atoms in total. The van der Waals surface area contributed by atoms with Gasteiger partial charge in [0, 0.05) is 12.5 Å². The van der Waals surface area contributed by atoms with E-state index in [1.165, 1.54) is 30.0 Å². The molecule has 0 aliphatic carbocycles. The summed E-state index contributed by atoms with van der Waals surface area (Å²) >= 11 is 1.13. The van der Waals surface area contributed by atoms with Crippen molar-refractivity contribution in [1.29, 1.82) is 0 Å². The molecule has 1 aliphatic heterocycles. The van der Waals surface area contributed by atoms with Crippen molar-refractivity contribution in [1.82, 2.24) is 15.5 Å². The molecular formula is C16H16FN5O4S. The highest BCUT2D eigenvalue weighted by atomic mass is 32.1. The number of nitrogens with zero attached hydrogens (tertiary/aromatic N) is 3. The molecular weight excluding hydrogens is 377 g/mol. The van der Waals surface area contributed by atoms with Gasteiger partial charge in [0.2, 0.25) is 11.8 Å². The molecule has 1 aromatic carbocycles. The summed E-state index contributed by atoms with van der Waals surface area (Å²) in [6.07, 6.45) is -1.27. The summed E-state index contributed by atoms with van der Waals surface area (Å²) < 4.78 is 19.1. The maximum absolute atomic E-state index is 13.8. The third-order valence-electron chi connectivity index (χ3n) is 3.73. The molecule has 11 heteroatoms. The maximum atomic E-state index is 13.8.